The second kappa shape index (κ2) is 5.00. The Balaban J connectivity index is -0.000000245. The predicted molar refractivity (Wildman–Crippen MR) is 27.3 cm³/mol. The number of rotatable bonds is 3. The van der Waals surface area contributed by atoms with Crippen molar-refractivity contribution in [3.05, 3.63) is 12.7 Å². The average Bonchev–Trinajstić information content (AvgIpc) is 1.67. The van der Waals surface area contributed by atoms with Crippen LogP contribution in [0.2, 0.25) is 0 Å². The summed E-state index contributed by atoms with van der Waals surface area (Å²) < 4.78 is 33.3. The smallest absolute Gasteiger partial charge is 1.00 e. The molecule has 0 N–H and O–H groups in total. The van der Waals surface area contributed by atoms with Gasteiger partial charge in [-0.1, -0.05) is 10.5 Å². The van der Waals surface area contributed by atoms with Gasteiger partial charge >= 0.3 is 29.0 Å². The quantitative estimate of drug-likeness (QED) is 0.329. The van der Waals surface area contributed by atoms with Crippen molar-refractivity contribution >= 4 is 10.1 Å². The molecule has 0 aromatic carbocycles. The maximum atomic E-state index is 10.8. The standard InChI is InChI=1S/C3H5FO3S.Li.H/c1-2-3-8(5,6)7-4;;/h2H,1,3H2;;/q;+1;-1. The molecule has 0 saturated carbocycles. The molecule has 0 aliphatic rings. The SMILES string of the molecule is C=CCS(=O)(=O)OF.[H-].[Li+]. The van der Waals surface area contributed by atoms with E-state index in [0.717, 1.165) is 6.08 Å². The summed E-state index contributed by atoms with van der Waals surface area (Å²) in [5.41, 5.74) is 0. The van der Waals surface area contributed by atoms with Gasteiger partial charge in [0.2, 0.25) is 0 Å². The molecule has 0 aliphatic carbocycles. The van der Waals surface area contributed by atoms with Crippen LogP contribution in [0.5, 0.6) is 0 Å². The third kappa shape index (κ3) is 6.06. The van der Waals surface area contributed by atoms with Crippen molar-refractivity contribution < 1.29 is 37.6 Å². The van der Waals surface area contributed by atoms with Gasteiger partial charge in [-0.2, -0.15) is 8.42 Å². The van der Waals surface area contributed by atoms with E-state index in [1.165, 1.54) is 0 Å². The minimum absolute atomic E-state index is 0. The van der Waals surface area contributed by atoms with Gasteiger partial charge in [-0.05, 0) is 4.53 Å². The minimum Gasteiger partial charge on any atom is -1.00 e. The van der Waals surface area contributed by atoms with E-state index in [4.69, 9.17) is 0 Å². The topological polar surface area (TPSA) is 43.4 Å². The van der Waals surface area contributed by atoms with Crippen LogP contribution < -0.4 is 18.9 Å². The third-order valence-corrected chi connectivity index (χ3v) is 1.25. The summed E-state index contributed by atoms with van der Waals surface area (Å²) in [5.74, 6) is -0.497. The molecular weight excluding hydrogens is 142 g/mol. The Bertz CT molecular complexity index is 169. The van der Waals surface area contributed by atoms with Crippen molar-refractivity contribution in [3.63, 3.8) is 0 Å². The number of hydrogen-bond donors (Lipinski definition) is 0. The van der Waals surface area contributed by atoms with Crippen LogP contribution in [0.4, 0.5) is 4.53 Å². The van der Waals surface area contributed by atoms with Crippen LogP contribution in [0.15, 0.2) is 12.7 Å². The molecule has 0 heterocycles. The van der Waals surface area contributed by atoms with Gasteiger partial charge in [0.25, 0.3) is 0 Å². The second-order valence-corrected chi connectivity index (χ2v) is 2.65. The van der Waals surface area contributed by atoms with Gasteiger partial charge in [-0.25, -0.2) is 0 Å². The first-order chi connectivity index (χ1) is 3.62. The van der Waals surface area contributed by atoms with Crippen LogP contribution in [-0.2, 0) is 14.5 Å². The normalized spacial score (nSPS) is 9.89. The van der Waals surface area contributed by atoms with E-state index in [1.54, 1.807) is 0 Å². The van der Waals surface area contributed by atoms with Crippen molar-refractivity contribution in [2.24, 2.45) is 0 Å². The van der Waals surface area contributed by atoms with Gasteiger partial charge in [0.15, 0.2) is 0 Å². The Morgan fingerprint density at radius 3 is 2.33 bits per heavy atom. The molecule has 0 spiro atoms. The maximum absolute atomic E-state index is 10.8. The van der Waals surface area contributed by atoms with Gasteiger partial charge < -0.3 is 1.43 Å². The molecule has 50 valence electrons. The second-order valence-electron chi connectivity index (χ2n) is 1.08. The minimum atomic E-state index is -3.95. The summed E-state index contributed by atoms with van der Waals surface area (Å²) >= 11 is 0. The first-order valence-corrected chi connectivity index (χ1v) is 3.34. The molecule has 0 rings (SSSR count). The Morgan fingerprint density at radius 1 is 1.78 bits per heavy atom. The first kappa shape index (κ1) is 11.9. The Morgan fingerprint density at radius 2 is 2.22 bits per heavy atom. The fraction of sp³-hybridized carbons (Fsp3) is 0.333. The van der Waals surface area contributed by atoms with E-state index in [1.807, 2.05) is 0 Å². The van der Waals surface area contributed by atoms with Gasteiger partial charge in [0.1, 0.15) is 0 Å². The Labute approximate surface area is 66.6 Å². The molecule has 3 nitrogen and oxygen atoms in total. The zero-order chi connectivity index (χ0) is 6.62. The molecule has 0 amide bonds. The molecular formula is C3H6FLiO3S. The van der Waals surface area contributed by atoms with E-state index in [9.17, 15) is 12.9 Å². The van der Waals surface area contributed by atoms with E-state index >= 15 is 0 Å². The largest absolute Gasteiger partial charge is 1.00 e. The summed E-state index contributed by atoms with van der Waals surface area (Å²) in [6.45, 7) is 3.07. The fourth-order valence-electron chi connectivity index (χ4n) is 0.170. The molecule has 0 radical (unpaired) electrons. The molecule has 9 heavy (non-hydrogen) atoms. The van der Waals surface area contributed by atoms with Crippen molar-refractivity contribution in [1.29, 1.82) is 0 Å². The van der Waals surface area contributed by atoms with E-state index in [0.29, 0.717) is 0 Å². The number of hydrogen-bond acceptors (Lipinski definition) is 3. The molecule has 0 atom stereocenters. The van der Waals surface area contributed by atoms with E-state index in [-0.39, 0.29) is 20.3 Å². The zero-order valence-electron chi connectivity index (χ0n) is 6.00. The van der Waals surface area contributed by atoms with Gasteiger partial charge in [-0.3, -0.25) is 0 Å². The van der Waals surface area contributed by atoms with Crippen molar-refractivity contribution in [1.82, 2.24) is 0 Å². The molecule has 6 heteroatoms. The van der Waals surface area contributed by atoms with Crippen molar-refractivity contribution in [2.45, 2.75) is 0 Å². The summed E-state index contributed by atoms with van der Waals surface area (Å²) in [6, 6.07) is 0. The monoisotopic (exact) mass is 148 g/mol. The Hall–Kier alpha value is 0.177. The average molecular weight is 148 g/mol. The molecule has 0 aromatic rings. The van der Waals surface area contributed by atoms with Gasteiger partial charge in [-0.15, -0.1) is 6.58 Å². The first-order valence-electron chi connectivity index (χ1n) is 1.76. The fourth-order valence-corrected chi connectivity index (χ4v) is 0.510. The van der Waals surface area contributed by atoms with Crippen molar-refractivity contribution in [2.75, 3.05) is 5.75 Å². The number of halogens is 1. The van der Waals surface area contributed by atoms with E-state index < -0.39 is 15.9 Å². The van der Waals surface area contributed by atoms with Crippen LogP contribution in [0, 0.1) is 0 Å². The summed E-state index contributed by atoms with van der Waals surface area (Å²) in [5, 5.41) is 0. The van der Waals surface area contributed by atoms with Crippen molar-refractivity contribution in [3.8, 4) is 0 Å². The zero-order valence-corrected chi connectivity index (χ0v) is 5.82. The molecule has 0 fully saturated rings. The Kier molecular flexibility index (Phi) is 6.62. The van der Waals surface area contributed by atoms with Gasteiger partial charge in [0.05, 0.1) is 5.75 Å². The van der Waals surface area contributed by atoms with Crippen LogP contribution in [0.1, 0.15) is 1.43 Å². The molecule has 0 saturated heterocycles. The van der Waals surface area contributed by atoms with E-state index in [2.05, 4.69) is 11.0 Å². The van der Waals surface area contributed by atoms with Crippen LogP contribution in [-0.4, -0.2) is 14.2 Å². The molecule has 0 bridgehead atoms. The maximum Gasteiger partial charge on any atom is 1.00 e. The predicted octanol–water partition coefficient (Wildman–Crippen LogP) is -2.48. The molecule has 0 aliphatic heterocycles. The van der Waals surface area contributed by atoms with Crippen LogP contribution in [0.3, 0.4) is 0 Å². The van der Waals surface area contributed by atoms with Crippen LogP contribution >= 0.6 is 0 Å². The van der Waals surface area contributed by atoms with Crippen LogP contribution in [0.25, 0.3) is 0 Å². The third-order valence-electron chi connectivity index (χ3n) is 0.418. The summed E-state index contributed by atoms with van der Waals surface area (Å²) in [4.78, 5) is 0. The molecule has 0 aromatic heterocycles. The molecule has 0 unspecified atom stereocenters. The summed E-state index contributed by atoms with van der Waals surface area (Å²) in [7, 11) is -3.95. The summed E-state index contributed by atoms with van der Waals surface area (Å²) in [6.07, 6.45) is 1.04. The van der Waals surface area contributed by atoms with Gasteiger partial charge in [0, 0.05) is 0 Å².